The van der Waals surface area contributed by atoms with Crippen molar-refractivity contribution >= 4 is 34.3 Å². The summed E-state index contributed by atoms with van der Waals surface area (Å²) in [6.07, 6.45) is 0.988. The number of nitrogens with one attached hydrogen (secondary N) is 1. The van der Waals surface area contributed by atoms with Gasteiger partial charge in [-0.05, 0) is 66.9 Å². The molecule has 0 atom stereocenters. The summed E-state index contributed by atoms with van der Waals surface area (Å²) in [6, 6.07) is 18.9. The summed E-state index contributed by atoms with van der Waals surface area (Å²) in [5.41, 5.74) is 5.61. The van der Waals surface area contributed by atoms with E-state index >= 15 is 0 Å². The maximum Gasteiger partial charge on any atom is 0.257 e. The number of oxazole rings is 1. The van der Waals surface area contributed by atoms with Crippen LogP contribution in [0, 0.1) is 6.92 Å². The van der Waals surface area contributed by atoms with Crippen molar-refractivity contribution in [2.45, 2.75) is 20.3 Å². The van der Waals surface area contributed by atoms with Crippen LogP contribution >= 0.6 is 11.6 Å². The first kappa shape index (κ1) is 18.3. The van der Waals surface area contributed by atoms with E-state index in [1.165, 1.54) is 5.56 Å². The number of anilines is 1. The Morgan fingerprint density at radius 1 is 1.07 bits per heavy atom. The quantitative estimate of drug-likeness (QED) is 0.446. The molecule has 1 N–H and O–H groups in total. The highest BCUT2D eigenvalue weighted by Crippen LogP contribution is 2.27. The van der Waals surface area contributed by atoms with Crippen LogP contribution in [0.1, 0.15) is 28.4 Å². The topological polar surface area (TPSA) is 55.1 Å². The summed E-state index contributed by atoms with van der Waals surface area (Å²) in [5.74, 6) is 0.297. The van der Waals surface area contributed by atoms with E-state index in [1.54, 1.807) is 30.3 Å². The number of amides is 1. The summed E-state index contributed by atoms with van der Waals surface area (Å²) in [4.78, 5) is 17.1. The number of benzene rings is 3. The Kier molecular flexibility index (Phi) is 4.88. The third-order valence-electron chi connectivity index (χ3n) is 4.62. The fourth-order valence-electron chi connectivity index (χ4n) is 3.01. The van der Waals surface area contributed by atoms with Crippen molar-refractivity contribution in [2.75, 3.05) is 5.32 Å². The largest absolute Gasteiger partial charge is 0.436 e. The van der Waals surface area contributed by atoms with E-state index in [0.717, 1.165) is 17.5 Å². The third kappa shape index (κ3) is 3.64. The molecule has 1 aromatic heterocycles. The van der Waals surface area contributed by atoms with E-state index in [4.69, 9.17) is 16.0 Å². The van der Waals surface area contributed by atoms with Crippen LogP contribution in [0.2, 0.25) is 5.02 Å². The monoisotopic (exact) mass is 390 g/mol. The number of halogens is 1. The van der Waals surface area contributed by atoms with Crippen LogP contribution in [-0.4, -0.2) is 10.9 Å². The van der Waals surface area contributed by atoms with Gasteiger partial charge in [-0.2, -0.15) is 0 Å². The zero-order valence-electron chi connectivity index (χ0n) is 15.6. The van der Waals surface area contributed by atoms with Gasteiger partial charge in [-0.15, -0.1) is 0 Å². The Bertz CT molecular complexity index is 1160. The summed E-state index contributed by atoms with van der Waals surface area (Å²) >= 11 is 6.19. The molecule has 28 heavy (non-hydrogen) atoms. The van der Waals surface area contributed by atoms with Crippen LogP contribution in [0.5, 0.6) is 0 Å². The highest BCUT2D eigenvalue weighted by Gasteiger charge is 2.13. The number of fused-ring (bicyclic) bond motifs is 1. The lowest BCUT2D eigenvalue weighted by molar-refractivity contribution is 0.102. The fraction of sp³-hybridized carbons (Fsp3) is 0.130. The van der Waals surface area contributed by atoms with E-state index in [0.29, 0.717) is 33.3 Å². The molecule has 0 unspecified atom stereocenters. The van der Waals surface area contributed by atoms with E-state index in [-0.39, 0.29) is 5.91 Å². The van der Waals surface area contributed by atoms with Gasteiger partial charge in [0.05, 0.1) is 10.6 Å². The number of carbonyl (C=O) groups excluding carboxylic acids is 1. The molecule has 0 aliphatic heterocycles. The van der Waals surface area contributed by atoms with Crippen molar-refractivity contribution in [2.24, 2.45) is 0 Å². The van der Waals surface area contributed by atoms with Crippen LogP contribution in [-0.2, 0) is 6.42 Å². The first-order valence-electron chi connectivity index (χ1n) is 9.11. The summed E-state index contributed by atoms with van der Waals surface area (Å²) in [7, 11) is 0. The highest BCUT2D eigenvalue weighted by atomic mass is 35.5. The molecule has 4 nitrogen and oxygen atoms in total. The SMILES string of the molecule is CCc1ccc(-c2nc3cc(NC(=O)c4ccc(C)cc4Cl)ccc3o2)cc1. The Morgan fingerprint density at radius 2 is 1.86 bits per heavy atom. The molecule has 0 radical (unpaired) electrons. The minimum absolute atomic E-state index is 0.261. The van der Waals surface area contributed by atoms with Crippen LogP contribution in [0.25, 0.3) is 22.6 Å². The van der Waals surface area contributed by atoms with Gasteiger partial charge in [0.2, 0.25) is 5.89 Å². The number of aryl methyl sites for hydroxylation is 2. The molecule has 0 spiro atoms. The van der Waals surface area contributed by atoms with Crippen molar-refractivity contribution in [3.05, 3.63) is 82.4 Å². The van der Waals surface area contributed by atoms with Gasteiger partial charge in [-0.25, -0.2) is 4.98 Å². The molecule has 1 amide bonds. The molecule has 0 fully saturated rings. The van der Waals surface area contributed by atoms with Crippen LogP contribution in [0.4, 0.5) is 5.69 Å². The molecule has 0 saturated heterocycles. The van der Waals surface area contributed by atoms with Crippen molar-refractivity contribution in [1.29, 1.82) is 0 Å². The number of hydrogen-bond acceptors (Lipinski definition) is 3. The molecule has 140 valence electrons. The lowest BCUT2D eigenvalue weighted by Gasteiger charge is -2.07. The minimum Gasteiger partial charge on any atom is -0.436 e. The van der Waals surface area contributed by atoms with Crippen molar-refractivity contribution in [3.8, 4) is 11.5 Å². The second-order valence-corrected chi connectivity index (χ2v) is 7.10. The van der Waals surface area contributed by atoms with E-state index < -0.39 is 0 Å². The number of aromatic nitrogens is 1. The molecule has 0 bridgehead atoms. The van der Waals surface area contributed by atoms with Gasteiger partial charge in [0.15, 0.2) is 5.58 Å². The number of hydrogen-bond donors (Lipinski definition) is 1. The Morgan fingerprint density at radius 3 is 2.57 bits per heavy atom. The predicted molar refractivity (Wildman–Crippen MR) is 113 cm³/mol. The lowest BCUT2D eigenvalue weighted by atomic mass is 10.1. The molecular weight excluding hydrogens is 372 g/mol. The fourth-order valence-corrected chi connectivity index (χ4v) is 3.34. The van der Waals surface area contributed by atoms with E-state index in [9.17, 15) is 4.79 Å². The molecule has 3 aromatic carbocycles. The standard InChI is InChI=1S/C23H19ClN2O2/c1-3-15-5-7-16(8-6-15)23-26-20-13-17(9-11-21(20)28-23)25-22(27)18-10-4-14(2)12-19(18)24/h4-13H,3H2,1-2H3,(H,25,27). The zero-order chi connectivity index (χ0) is 19.7. The van der Waals surface area contributed by atoms with Crippen LogP contribution in [0.3, 0.4) is 0 Å². The maximum absolute atomic E-state index is 12.5. The maximum atomic E-state index is 12.5. The van der Waals surface area contributed by atoms with E-state index in [2.05, 4.69) is 29.4 Å². The second kappa shape index (κ2) is 7.49. The van der Waals surface area contributed by atoms with Gasteiger partial charge in [0.25, 0.3) is 5.91 Å². The average molecular weight is 391 g/mol. The van der Waals surface area contributed by atoms with E-state index in [1.807, 2.05) is 25.1 Å². The van der Waals surface area contributed by atoms with Gasteiger partial charge >= 0.3 is 0 Å². The third-order valence-corrected chi connectivity index (χ3v) is 4.94. The molecule has 0 aliphatic rings. The number of rotatable bonds is 4. The molecule has 0 aliphatic carbocycles. The Labute approximate surface area is 168 Å². The van der Waals surface area contributed by atoms with Crippen molar-refractivity contribution in [3.63, 3.8) is 0 Å². The van der Waals surface area contributed by atoms with Gasteiger partial charge in [0.1, 0.15) is 5.52 Å². The highest BCUT2D eigenvalue weighted by molar-refractivity contribution is 6.34. The van der Waals surface area contributed by atoms with Gasteiger partial charge < -0.3 is 9.73 Å². The Balaban J connectivity index is 1.59. The normalized spacial score (nSPS) is 11.0. The van der Waals surface area contributed by atoms with Gasteiger partial charge in [-0.1, -0.05) is 36.7 Å². The first-order valence-corrected chi connectivity index (χ1v) is 9.48. The minimum atomic E-state index is -0.261. The lowest BCUT2D eigenvalue weighted by Crippen LogP contribution is -2.12. The van der Waals surface area contributed by atoms with Crippen molar-refractivity contribution in [1.82, 2.24) is 4.98 Å². The van der Waals surface area contributed by atoms with Crippen LogP contribution < -0.4 is 5.32 Å². The average Bonchev–Trinajstić information content (AvgIpc) is 3.11. The summed E-state index contributed by atoms with van der Waals surface area (Å²) in [6.45, 7) is 4.05. The summed E-state index contributed by atoms with van der Waals surface area (Å²) < 4.78 is 5.86. The number of nitrogens with zero attached hydrogens (tertiary/aromatic N) is 1. The molecule has 4 aromatic rings. The molecule has 5 heteroatoms. The Hall–Kier alpha value is -3.11. The first-order chi connectivity index (χ1) is 13.5. The van der Waals surface area contributed by atoms with Crippen LogP contribution in [0.15, 0.2) is 65.1 Å². The summed E-state index contributed by atoms with van der Waals surface area (Å²) in [5, 5.41) is 3.30. The van der Waals surface area contributed by atoms with Gasteiger partial charge in [0, 0.05) is 11.3 Å². The van der Waals surface area contributed by atoms with Crippen molar-refractivity contribution < 1.29 is 9.21 Å². The molecule has 1 heterocycles. The second-order valence-electron chi connectivity index (χ2n) is 6.69. The zero-order valence-corrected chi connectivity index (χ0v) is 16.4. The molecule has 0 saturated carbocycles. The molecule has 4 rings (SSSR count). The smallest absolute Gasteiger partial charge is 0.257 e. The predicted octanol–water partition coefficient (Wildman–Crippen LogP) is 6.27. The van der Waals surface area contributed by atoms with Gasteiger partial charge in [-0.3, -0.25) is 4.79 Å². The number of carbonyl (C=O) groups is 1. The molecular formula is C23H19ClN2O2.